The minimum atomic E-state index is -0.337. The summed E-state index contributed by atoms with van der Waals surface area (Å²) in [5, 5.41) is 16.6. The largest absolute Gasteiger partial charge is 0.393 e. The second-order valence-electron chi connectivity index (χ2n) is 3.50. The Labute approximate surface area is 97.3 Å². The second kappa shape index (κ2) is 4.63. The van der Waals surface area contributed by atoms with Gasteiger partial charge < -0.3 is 10.4 Å². The molecule has 16 heavy (non-hydrogen) atoms. The lowest BCUT2D eigenvalue weighted by Gasteiger charge is -2.08. The first-order chi connectivity index (χ1) is 7.66. The first-order valence-electron chi connectivity index (χ1n) is 4.95. The van der Waals surface area contributed by atoms with Crippen molar-refractivity contribution in [2.75, 3.05) is 11.9 Å². The lowest BCUT2D eigenvalue weighted by atomic mass is 10.3. The molecule has 0 spiro atoms. The van der Waals surface area contributed by atoms with Crippen LogP contribution in [0.5, 0.6) is 0 Å². The van der Waals surface area contributed by atoms with E-state index >= 15 is 0 Å². The Morgan fingerprint density at radius 2 is 2.44 bits per heavy atom. The molecule has 2 aromatic rings. The van der Waals surface area contributed by atoms with Gasteiger partial charge in [0.05, 0.1) is 6.10 Å². The Kier molecular flexibility index (Phi) is 3.21. The topological polar surface area (TPSA) is 75.3 Å². The molecule has 0 bridgehead atoms. The number of anilines is 1. The standard InChI is InChI=1S/C9H12ClN5O/c1-6(16)2-3-11-8-4-7(10)14-9-12-5-13-15(8)9/h4-6,11,16H,2-3H2,1H3. The summed E-state index contributed by atoms with van der Waals surface area (Å²) in [5.41, 5.74) is 0. The summed E-state index contributed by atoms with van der Waals surface area (Å²) in [5.74, 6) is 1.17. The van der Waals surface area contributed by atoms with Gasteiger partial charge in [0.25, 0.3) is 5.78 Å². The van der Waals surface area contributed by atoms with E-state index in [1.807, 2.05) is 0 Å². The summed E-state index contributed by atoms with van der Waals surface area (Å²) in [4.78, 5) is 7.96. The monoisotopic (exact) mass is 241 g/mol. The Hall–Kier alpha value is -1.40. The molecule has 0 aromatic carbocycles. The average Bonchev–Trinajstić information content (AvgIpc) is 2.64. The van der Waals surface area contributed by atoms with Crippen molar-refractivity contribution in [3.05, 3.63) is 17.5 Å². The first kappa shape index (κ1) is 11.1. The highest BCUT2D eigenvalue weighted by Crippen LogP contribution is 2.14. The van der Waals surface area contributed by atoms with Gasteiger partial charge in [-0.3, -0.25) is 0 Å². The molecule has 2 aromatic heterocycles. The maximum absolute atomic E-state index is 9.15. The summed E-state index contributed by atoms with van der Waals surface area (Å²) in [7, 11) is 0. The van der Waals surface area contributed by atoms with E-state index in [1.165, 1.54) is 6.33 Å². The molecule has 6 nitrogen and oxygen atoms in total. The minimum absolute atomic E-state index is 0.337. The zero-order valence-corrected chi connectivity index (χ0v) is 9.52. The first-order valence-corrected chi connectivity index (χ1v) is 5.33. The molecule has 86 valence electrons. The highest BCUT2D eigenvalue weighted by atomic mass is 35.5. The van der Waals surface area contributed by atoms with E-state index in [2.05, 4.69) is 20.4 Å². The van der Waals surface area contributed by atoms with E-state index in [-0.39, 0.29) is 6.10 Å². The third-order valence-corrected chi connectivity index (χ3v) is 2.28. The van der Waals surface area contributed by atoms with Crippen molar-refractivity contribution in [3.8, 4) is 0 Å². The number of aliphatic hydroxyl groups is 1. The van der Waals surface area contributed by atoms with Crippen molar-refractivity contribution in [2.24, 2.45) is 0 Å². The van der Waals surface area contributed by atoms with Crippen LogP contribution >= 0.6 is 11.6 Å². The third-order valence-electron chi connectivity index (χ3n) is 2.09. The van der Waals surface area contributed by atoms with Gasteiger partial charge in [0.2, 0.25) is 0 Å². The Bertz CT molecular complexity index is 484. The van der Waals surface area contributed by atoms with Crippen LogP contribution in [0.25, 0.3) is 5.78 Å². The van der Waals surface area contributed by atoms with Crippen LogP contribution in [0, 0.1) is 0 Å². The van der Waals surface area contributed by atoms with Crippen molar-refractivity contribution in [2.45, 2.75) is 19.4 Å². The van der Waals surface area contributed by atoms with Crippen molar-refractivity contribution in [3.63, 3.8) is 0 Å². The summed E-state index contributed by atoms with van der Waals surface area (Å²) in [6.45, 7) is 2.37. The fourth-order valence-corrected chi connectivity index (χ4v) is 1.50. The molecule has 1 atom stereocenters. The van der Waals surface area contributed by atoms with Crippen molar-refractivity contribution < 1.29 is 5.11 Å². The Balaban J connectivity index is 2.19. The van der Waals surface area contributed by atoms with E-state index in [9.17, 15) is 0 Å². The summed E-state index contributed by atoms with van der Waals surface area (Å²) in [6, 6.07) is 1.67. The normalized spacial score (nSPS) is 12.9. The maximum Gasteiger partial charge on any atom is 0.255 e. The van der Waals surface area contributed by atoms with Gasteiger partial charge in [0.15, 0.2) is 0 Å². The van der Waals surface area contributed by atoms with Crippen LogP contribution in [0.15, 0.2) is 12.4 Å². The van der Waals surface area contributed by atoms with E-state index in [0.717, 1.165) is 0 Å². The number of aromatic nitrogens is 4. The fourth-order valence-electron chi connectivity index (χ4n) is 1.32. The van der Waals surface area contributed by atoms with Crippen LogP contribution in [0.4, 0.5) is 5.82 Å². The fraction of sp³-hybridized carbons (Fsp3) is 0.444. The number of fused-ring (bicyclic) bond motifs is 1. The van der Waals surface area contributed by atoms with Gasteiger partial charge in [0.1, 0.15) is 17.3 Å². The minimum Gasteiger partial charge on any atom is -0.393 e. The molecule has 0 saturated carbocycles. The van der Waals surface area contributed by atoms with Gasteiger partial charge in [-0.2, -0.15) is 19.6 Å². The molecule has 0 saturated heterocycles. The van der Waals surface area contributed by atoms with Gasteiger partial charge in [-0.1, -0.05) is 11.6 Å². The van der Waals surface area contributed by atoms with Crippen molar-refractivity contribution >= 4 is 23.2 Å². The highest BCUT2D eigenvalue weighted by molar-refractivity contribution is 6.29. The van der Waals surface area contributed by atoms with Crippen LogP contribution in [0.2, 0.25) is 5.15 Å². The predicted octanol–water partition coefficient (Wildman–Crippen LogP) is 0.960. The summed E-state index contributed by atoms with van der Waals surface area (Å²) < 4.78 is 1.56. The molecule has 2 heterocycles. The SMILES string of the molecule is CC(O)CCNc1cc(Cl)nc2ncnn12. The molecule has 0 amide bonds. The molecule has 0 fully saturated rings. The van der Waals surface area contributed by atoms with Crippen LogP contribution in [-0.2, 0) is 0 Å². The van der Waals surface area contributed by atoms with Gasteiger partial charge >= 0.3 is 0 Å². The maximum atomic E-state index is 9.15. The van der Waals surface area contributed by atoms with Crippen LogP contribution in [0.1, 0.15) is 13.3 Å². The molecule has 0 aliphatic heterocycles. The van der Waals surface area contributed by atoms with Crippen molar-refractivity contribution in [1.82, 2.24) is 19.6 Å². The molecule has 0 aliphatic rings. The third kappa shape index (κ3) is 2.40. The second-order valence-corrected chi connectivity index (χ2v) is 3.89. The summed E-state index contributed by atoms with van der Waals surface area (Å²) in [6.07, 6.45) is 1.73. The number of rotatable bonds is 4. The van der Waals surface area contributed by atoms with E-state index < -0.39 is 0 Å². The number of hydrogen-bond acceptors (Lipinski definition) is 5. The van der Waals surface area contributed by atoms with Crippen LogP contribution < -0.4 is 5.32 Å². The van der Waals surface area contributed by atoms with E-state index in [1.54, 1.807) is 17.5 Å². The molecule has 0 radical (unpaired) electrons. The number of nitrogens with one attached hydrogen (secondary N) is 1. The Morgan fingerprint density at radius 1 is 1.62 bits per heavy atom. The average molecular weight is 242 g/mol. The highest BCUT2D eigenvalue weighted by Gasteiger charge is 2.06. The quantitative estimate of drug-likeness (QED) is 0.780. The van der Waals surface area contributed by atoms with Gasteiger partial charge in [-0.15, -0.1) is 0 Å². The molecule has 2 rings (SSSR count). The van der Waals surface area contributed by atoms with Crippen LogP contribution in [-0.4, -0.2) is 37.3 Å². The molecule has 7 heteroatoms. The summed E-state index contributed by atoms with van der Waals surface area (Å²) >= 11 is 5.84. The molecular weight excluding hydrogens is 230 g/mol. The van der Waals surface area contributed by atoms with Gasteiger partial charge in [0, 0.05) is 12.6 Å². The Morgan fingerprint density at radius 3 is 3.19 bits per heavy atom. The molecular formula is C9H12ClN5O. The number of nitrogens with zero attached hydrogens (tertiary/aromatic N) is 4. The van der Waals surface area contributed by atoms with Crippen molar-refractivity contribution in [1.29, 1.82) is 0 Å². The number of halogens is 1. The van der Waals surface area contributed by atoms with Crippen LogP contribution in [0.3, 0.4) is 0 Å². The van der Waals surface area contributed by atoms with E-state index in [4.69, 9.17) is 16.7 Å². The van der Waals surface area contributed by atoms with E-state index in [0.29, 0.717) is 29.7 Å². The lowest BCUT2D eigenvalue weighted by molar-refractivity contribution is 0.188. The molecule has 1 unspecified atom stereocenters. The zero-order valence-electron chi connectivity index (χ0n) is 8.76. The molecule has 0 aliphatic carbocycles. The molecule has 2 N–H and O–H groups in total. The van der Waals surface area contributed by atoms with Gasteiger partial charge in [-0.05, 0) is 13.3 Å². The van der Waals surface area contributed by atoms with Gasteiger partial charge in [-0.25, -0.2) is 0 Å². The number of aliphatic hydroxyl groups excluding tert-OH is 1. The predicted molar refractivity (Wildman–Crippen MR) is 60.6 cm³/mol. The lowest BCUT2D eigenvalue weighted by Crippen LogP contribution is -2.12. The number of hydrogen-bond donors (Lipinski definition) is 2. The zero-order chi connectivity index (χ0) is 11.5. The smallest absolute Gasteiger partial charge is 0.255 e.